The largest absolute Gasteiger partial charge is 0.493 e. The summed E-state index contributed by atoms with van der Waals surface area (Å²) < 4.78 is 10.6. The van der Waals surface area contributed by atoms with E-state index in [1.807, 2.05) is 19.1 Å². The van der Waals surface area contributed by atoms with Crippen molar-refractivity contribution in [2.75, 3.05) is 20.8 Å². The number of hydrogen-bond donors (Lipinski definition) is 3. The zero-order chi connectivity index (χ0) is 22.8. The molecule has 2 aromatic rings. The number of methoxy groups -OCH3 is 2. The van der Waals surface area contributed by atoms with Crippen LogP contribution in [-0.4, -0.2) is 38.5 Å². The van der Waals surface area contributed by atoms with E-state index in [9.17, 15) is 14.4 Å². The smallest absolute Gasteiger partial charge is 0.252 e. The van der Waals surface area contributed by atoms with Gasteiger partial charge in [0, 0.05) is 12.1 Å². The number of benzene rings is 2. The van der Waals surface area contributed by atoms with Gasteiger partial charge < -0.3 is 25.4 Å². The highest BCUT2D eigenvalue weighted by atomic mass is 16.5. The number of hydrogen-bond acceptors (Lipinski definition) is 5. The summed E-state index contributed by atoms with van der Waals surface area (Å²) in [7, 11) is 3.12. The van der Waals surface area contributed by atoms with Gasteiger partial charge in [0.15, 0.2) is 11.5 Å². The summed E-state index contributed by atoms with van der Waals surface area (Å²) in [6.07, 6.45) is 1.09. The minimum atomic E-state index is -0.431. The Hall–Kier alpha value is -3.81. The average Bonchev–Trinajstić information content (AvgIpc) is 2.80. The molecular formula is C23H27N3O5. The third-order valence-electron chi connectivity index (χ3n) is 4.60. The molecule has 0 spiro atoms. The molecule has 2 rings (SSSR count). The van der Waals surface area contributed by atoms with Gasteiger partial charge in [0.25, 0.3) is 5.91 Å². The van der Waals surface area contributed by atoms with Gasteiger partial charge in [0.05, 0.1) is 26.8 Å². The van der Waals surface area contributed by atoms with Crippen LogP contribution in [-0.2, 0) is 16.1 Å². The highest BCUT2D eigenvalue weighted by Gasteiger charge is 2.16. The van der Waals surface area contributed by atoms with E-state index in [0.717, 1.165) is 11.6 Å². The third-order valence-corrected chi connectivity index (χ3v) is 4.60. The molecular weight excluding hydrogens is 398 g/mol. The van der Waals surface area contributed by atoms with Gasteiger partial charge in [-0.3, -0.25) is 14.4 Å². The topological polar surface area (TPSA) is 106 Å². The summed E-state index contributed by atoms with van der Waals surface area (Å²) in [6.45, 7) is 5.17. The molecule has 0 aliphatic carbocycles. The maximum absolute atomic E-state index is 12.9. The Bertz CT molecular complexity index is 958. The maximum Gasteiger partial charge on any atom is 0.252 e. The van der Waals surface area contributed by atoms with E-state index in [4.69, 9.17) is 9.47 Å². The zero-order valence-electron chi connectivity index (χ0n) is 17.9. The van der Waals surface area contributed by atoms with Crippen LogP contribution in [0.2, 0.25) is 0 Å². The van der Waals surface area contributed by atoms with E-state index in [1.165, 1.54) is 0 Å². The first-order valence-electron chi connectivity index (χ1n) is 9.67. The minimum Gasteiger partial charge on any atom is -0.493 e. The van der Waals surface area contributed by atoms with E-state index in [0.29, 0.717) is 22.6 Å². The highest BCUT2D eigenvalue weighted by molar-refractivity contribution is 5.96. The fraction of sp³-hybridized carbons (Fsp3) is 0.261. The van der Waals surface area contributed by atoms with Crippen LogP contribution in [0.1, 0.15) is 34.5 Å². The van der Waals surface area contributed by atoms with Crippen LogP contribution < -0.4 is 25.4 Å². The second-order valence-corrected chi connectivity index (χ2v) is 6.67. The Labute approximate surface area is 181 Å². The lowest BCUT2D eigenvalue weighted by atomic mass is 10.0. The molecule has 3 amide bonds. The summed E-state index contributed by atoms with van der Waals surface area (Å²) >= 11 is 0. The Morgan fingerprint density at radius 3 is 2.42 bits per heavy atom. The Morgan fingerprint density at radius 2 is 1.74 bits per heavy atom. The molecule has 0 saturated carbocycles. The van der Waals surface area contributed by atoms with Crippen LogP contribution in [0.15, 0.2) is 55.1 Å². The normalized spacial score (nSPS) is 11.1. The first kappa shape index (κ1) is 23.5. The summed E-state index contributed by atoms with van der Waals surface area (Å²) in [6, 6.07) is 12.2. The zero-order valence-corrected chi connectivity index (χ0v) is 17.9. The lowest BCUT2D eigenvalue weighted by molar-refractivity contribution is -0.124. The van der Waals surface area contributed by atoms with Crippen molar-refractivity contribution in [3.8, 4) is 11.5 Å². The molecule has 0 saturated heterocycles. The quantitative estimate of drug-likeness (QED) is 0.506. The summed E-state index contributed by atoms with van der Waals surface area (Å²) in [5, 5.41) is 8.05. The van der Waals surface area contributed by atoms with Gasteiger partial charge >= 0.3 is 0 Å². The van der Waals surface area contributed by atoms with Crippen LogP contribution in [0.3, 0.4) is 0 Å². The molecule has 31 heavy (non-hydrogen) atoms. The fourth-order valence-electron chi connectivity index (χ4n) is 2.87. The van der Waals surface area contributed by atoms with E-state index < -0.39 is 5.91 Å². The number of rotatable bonds is 10. The molecule has 3 N–H and O–H groups in total. The molecule has 164 valence electrons. The molecule has 0 aromatic heterocycles. The van der Waals surface area contributed by atoms with Gasteiger partial charge in [-0.25, -0.2) is 0 Å². The molecule has 0 radical (unpaired) electrons. The standard InChI is InChI=1S/C23H27N3O5/c1-5-21(27)25-14-22(28)24-13-17-8-6-7-9-18(17)23(29)26-15(2)16-10-11-19(30-3)20(12-16)31-4/h5-12,15H,1,13-14H2,2-4H3,(H,24,28)(H,25,27)(H,26,29)/t15-/m1/s1. The Balaban J connectivity index is 2.05. The van der Waals surface area contributed by atoms with Crippen LogP contribution in [0, 0.1) is 0 Å². The van der Waals surface area contributed by atoms with Gasteiger partial charge in [0.2, 0.25) is 11.8 Å². The summed E-state index contributed by atoms with van der Waals surface area (Å²) in [5.41, 5.74) is 1.96. The SMILES string of the molecule is C=CC(=O)NCC(=O)NCc1ccccc1C(=O)N[C@H](C)c1ccc(OC)c(OC)c1. The first-order chi connectivity index (χ1) is 14.9. The van der Waals surface area contributed by atoms with E-state index in [2.05, 4.69) is 22.5 Å². The summed E-state index contributed by atoms with van der Waals surface area (Å²) in [4.78, 5) is 35.9. The van der Waals surface area contributed by atoms with Crippen LogP contribution in [0.4, 0.5) is 0 Å². The Kier molecular flexibility index (Phi) is 8.63. The average molecular weight is 425 g/mol. The molecule has 0 unspecified atom stereocenters. The Morgan fingerprint density at radius 1 is 1.03 bits per heavy atom. The van der Waals surface area contributed by atoms with Crippen molar-refractivity contribution in [2.24, 2.45) is 0 Å². The predicted molar refractivity (Wildman–Crippen MR) is 117 cm³/mol. The first-order valence-corrected chi connectivity index (χ1v) is 9.67. The molecule has 8 heteroatoms. The van der Waals surface area contributed by atoms with Gasteiger partial charge in [-0.1, -0.05) is 30.8 Å². The van der Waals surface area contributed by atoms with Crippen molar-refractivity contribution >= 4 is 17.7 Å². The highest BCUT2D eigenvalue weighted by Crippen LogP contribution is 2.30. The molecule has 0 bridgehead atoms. The third kappa shape index (κ3) is 6.60. The van der Waals surface area contributed by atoms with E-state index in [-0.39, 0.29) is 30.9 Å². The molecule has 0 aliphatic heterocycles. The number of carbonyl (C=O) groups excluding carboxylic acids is 3. The number of ether oxygens (including phenoxy) is 2. The molecule has 0 aliphatic rings. The maximum atomic E-state index is 12.9. The molecule has 2 aromatic carbocycles. The number of carbonyl (C=O) groups is 3. The van der Waals surface area contributed by atoms with Gasteiger partial charge in [-0.15, -0.1) is 0 Å². The van der Waals surface area contributed by atoms with Crippen molar-refractivity contribution in [1.82, 2.24) is 16.0 Å². The van der Waals surface area contributed by atoms with Crippen LogP contribution >= 0.6 is 0 Å². The van der Waals surface area contributed by atoms with Crippen molar-refractivity contribution in [1.29, 1.82) is 0 Å². The lowest BCUT2D eigenvalue weighted by Crippen LogP contribution is -2.36. The van der Waals surface area contributed by atoms with Crippen molar-refractivity contribution in [3.63, 3.8) is 0 Å². The fourth-order valence-corrected chi connectivity index (χ4v) is 2.87. The summed E-state index contributed by atoms with van der Waals surface area (Å²) in [5.74, 6) is 0.109. The lowest BCUT2D eigenvalue weighted by Gasteiger charge is -2.18. The van der Waals surface area contributed by atoms with Gasteiger partial charge in [-0.2, -0.15) is 0 Å². The number of amides is 3. The van der Waals surface area contributed by atoms with E-state index >= 15 is 0 Å². The van der Waals surface area contributed by atoms with Crippen LogP contribution in [0.5, 0.6) is 11.5 Å². The second-order valence-electron chi connectivity index (χ2n) is 6.67. The van der Waals surface area contributed by atoms with Crippen molar-refractivity contribution in [3.05, 3.63) is 71.8 Å². The molecule has 1 atom stereocenters. The molecule has 8 nitrogen and oxygen atoms in total. The monoisotopic (exact) mass is 425 g/mol. The molecule has 0 heterocycles. The van der Waals surface area contributed by atoms with Crippen LogP contribution in [0.25, 0.3) is 0 Å². The number of nitrogens with one attached hydrogen (secondary N) is 3. The second kappa shape index (κ2) is 11.4. The molecule has 0 fully saturated rings. The van der Waals surface area contributed by atoms with Crippen molar-refractivity contribution in [2.45, 2.75) is 19.5 Å². The van der Waals surface area contributed by atoms with Crippen molar-refractivity contribution < 1.29 is 23.9 Å². The van der Waals surface area contributed by atoms with Gasteiger partial charge in [-0.05, 0) is 42.3 Å². The van der Waals surface area contributed by atoms with E-state index in [1.54, 1.807) is 44.6 Å². The predicted octanol–water partition coefficient (Wildman–Crippen LogP) is 2.11. The minimum absolute atomic E-state index is 0.150. The van der Waals surface area contributed by atoms with Gasteiger partial charge in [0.1, 0.15) is 0 Å².